The van der Waals surface area contributed by atoms with Crippen LogP contribution in [-0.4, -0.2) is 24.5 Å². The van der Waals surface area contributed by atoms with Crippen LogP contribution in [0.2, 0.25) is 0 Å². The van der Waals surface area contributed by atoms with E-state index in [1.165, 1.54) is 38.5 Å². The van der Waals surface area contributed by atoms with Crippen LogP contribution in [0.5, 0.6) is 0 Å². The molecule has 1 unspecified atom stereocenters. The minimum absolute atomic E-state index is 0.0650. The summed E-state index contributed by atoms with van der Waals surface area (Å²) < 4.78 is 0. The molecular formula is C16H28N2O. The molecule has 2 aliphatic carbocycles. The molecule has 0 aliphatic heterocycles. The number of hydrogen-bond donors (Lipinski definition) is 2. The molecule has 108 valence electrons. The van der Waals surface area contributed by atoms with Gasteiger partial charge in [0.25, 0.3) is 0 Å². The third-order valence-electron chi connectivity index (χ3n) is 4.38. The maximum Gasteiger partial charge on any atom is 0.237 e. The van der Waals surface area contributed by atoms with E-state index in [-0.39, 0.29) is 11.9 Å². The van der Waals surface area contributed by atoms with E-state index < -0.39 is 0 Å². The lowest BCUT2D eigenvalue weighted by molar-refractivity contribution is -0.123. The Balaban J connectivity index is 1.61. The fourth-order valence-electron chi connectivity index (χ4n) is 3.07. The molecule has 1 fully saturated rings. The number of carbonyl (C=O) groups is 1. The van der Waals surface area contributed by atoms with Gasteiger partial charge in [0.2, 0.25) is 5.91 Å². The van der Waals surface area contributed by atoms with Crippen LogP contribution in [0, 0.1) is 0 Å². The average Bonchev–Trinajstić information content (AvgIpc) is 2.92. The average molecular weight is 264 g/mol. The Morgan fingerprint density at radius 1 is 1.32 bits per heavy atom. The highest BCUT2D eigenvalue weighted by molar-refractivity contribution is 5.81. The second-order valence-electron chi connectivity index (χ2n) is 6.02. The van der Waals surface area contributed by atoms with Crippen molar-refractivity contribution in [3.8, 4) is 0 Å². The fraction of sp³-hybridized carbons (Fsp3) is 0.812. The number of carbonyl (C=O) groups excluding carboxylic acids is 1. The van der Waals surface area contributed by atoms with Gasteiger partial charge in [-0.15, -0.1) is 0 Å². The molecule has 0 spiro atoms. The van der Waals surface area contributed by atoms with Gasteiger partial charge in [-0.25, -0.2) is 0 Å². The van der Waals surface area contributed by atoms with Gasteiger partial charge in [-0.2, -0.15) is 0 Å². The van der Waals surface area contributed by atoms with Gasteiger partial charge in [-0.3, -0.25) is 4.79 Å². The summed E-state index contributed by atoms with van der Waals surface area (Å²) in [5.41, 5.74) is 1.57. The van der Waals surface area contributed by atoms with Crippen LogP contribution in [0.25, 0.3) is 0 Å². The Hall–Kier alpha value is -0.830. The van der Waals surface area contributed by atoms with Crippen LogP contribution in [0.1, 0.15) is 64.7 Å². The Bertz CT molecular complexity index is 319. The highest BCUT2D eigenvalue weighted by Crippen LogP contribution is 2.19. The zero-order chi connectivity index (χ0) is 13.5. The molecule has 3 heteroatoms. The van der Waals surface area contributed by atoms with E-state index in [9.17, 15) is 4.79 Å². The smallest absolute Gasteiger partial charge is 0.237 e. The second-order valence-corrected chi connectivity index (χ2v) is 6.02. The molecule has 3 nitrogen and oxygen atoms in total. The molecule has 0 aromatic heterocycles. The molecule has 1 saturated carbocycles. The van der Waals surface area contributed by atoms with Crippen LogP contribution < -0.4 is 10.6 Å². The molecule has 0 bridgehead atoms. The first-order chi connectivity index (χ1) is 9.25. The van der Waals surface area contributed by atoms with Crippen molar-refractivity contribution in [1.82, 2.24) is 10.6 Å². The van der Waals surface area contributed by atoms with Crippen molar-refractivity contribution in [2.24, 2.45) is 0 Å². The molecule has 2 N–H and O–H groups in total. The van der Waals surface area contributed by atoms with E-state index in [2.05, 4.69) is 16.7 Å². The number of rotatable bonds is 6. The highest BCUT2D eigenvalue weighted by atomic mass is 16.2. The number of allylic oxidation sites excluding steroid dienone is 1. The van der Waals surface area contributed by atoms with E-state index in [4.69, 9.17) is 0 Å². The third kappa shape index (κ3) is 4.98. The highest BCUT2D eigenvalue weighted by Gasteiger charge is 2.20. The van der Waals surface area contributed by atoms with Gasteiger partial charge in [0.15, 0.2) is 0 Å². The standard InChI is InChI=1S/C16H28N2O/c1-13(16(19)18-15-9-5-6-10-15)17-12-11-14-7-3-2-4-8-14/h7,13,15,17H,2-6,8-12H2,1H3,(H,18,19). The zero-order valence-electron chi connectivity index (χ0n) is 12.2. The molecule has 2 aliphatic rings. The normalized spacial score (nSPS) is 22.1. The SMILES string of the molecule is CC(NCCC1=CCCCC1)C(=O)NC1CCCC1. The molecule has 0 radical (unpaired) electrons. The minimum Gasteiger partial charge on any atom is -0.352 e. The van der Waals surface area contributed by atoms with Crippen molar-refractivity contribution in [2.45, 2.75) is 76.8 Å². The quantitative estimate of drug-likeness (QED) is 0.724. The van der Waals surface area contributed by atoms with Crippen molar-refractivity contribution in [2.75, 3.05) is 6.54 Å². The van der Waals surface area contributed by atoms with Crippen molar-refractivity contribution in [3.63, 3.8) is 0 Å². The van der Waals surface area contributed by atoms with Crippen LogP contribution in [0.4, 0.5) is 0 Å². The first-order valence-electron chi connectivity index (χ1n) is 7.97. The summed E-state index contributed by atoms with van der Waals surface area (Å²) in [4.78, 5) is 12.0. The topological polar surface area (TPSA) is 41.1 Å². The van der Waals surface area contributed by atoms with E-state index in [0.29, 0.717) is 6.04 Å². The number of hydrogen-bond acceptors (Lipinski definition) is 2. The maximum atomic E-state index is 12.0. The predicted molar refractivity (Wildman–Crippen MR) is 79.0 cm³/mol. The van der Waals surface area contributed by atoms with Crippen molar-refractivity contribution in [3.05, 3.63) is 11.6 Å². The maximum absolute atomic E-state index is 12.0. The van der Waals surface area contributed by atoms with Crippen molar-refractivity contribution in [1.29, 1.82) is 0 Å². The molecule has 1 atom stereocenters. The van der Waals surface area contributed by atoms with Gasteiger partial charge in [-0.1, -0.05) is 24.5 Å². The Kier molecular flexibility index (Phi) is 5.90. The van der Waals surface area contributed by atoms with Crippen LogP contribution in [-0.2, 0) is 4.79 Å². The first kappa shape index (κ1) is 14.6. The van der Waals surface area contributed by atoms with Crippen LogP contribution >= 0.6 is 0 Å². The summed E-state index contributed by atoms with van der Waals surface area (Å²) in [5, 5.41) is 6.50. The van der Waals surface area contributed by atoms with Crippen molar-refractivity contribution >= 4 is 5.91 Å². The second kappa shape index (κ2) is 7.68. The van der Waals surface area contributed by atoms with Gasteiger partial charge in [0, 0.05) is 6.04 Å². The van der Waals surface area contributed by atoms with Crippen molar-refractivity contribution < 1.29 is 4.79 Å². The summed E-state index contributed by atoms with van der Waals surface area (Å²) >= 11 is 0. The Labute approximate surface area is 117 Å². The molecule has 0 heterocycles. The third-order valence-corrected chi connectivity index (χ3v) is 4.38. The van der Waals surface area contributed by atoms with Crippen LogP contribution in [0.15, 0.2) is 11.6 Å². The summed E-state index contributed by atoms with van der Waals surface area (Å²) in [5.74, 6) is 0.171. The van der Waals surface area contributed by atoms with Gasteiger partial charge < -0.3 is 10.6 Å². The number of amides is 1. The molecule has 0 aromatic carbocycles. The zero-order valence-corrected chi connectivity index (χ0v) is 12.2. The van der Waals surface area contributed by atoms with E-state index in [1.807, 2.05) is 6.92 Å². The molecule has 2 rings (SSSR count). The minimum atomic E-state index is -0.0650. The van der Waals surface area contributed by atoms with E-state index in [1.54, 1.807) is 5.57 Å². The lowest BCUT2D eigenvalue weighted by Gasteiger charge is -2.18. The van der Waals surface area contributed by atoms with E-state index in [0.717, 1.165) is 25.8 Å². The van der Waals surface area contributed by atoms with Gasteiger partial charge in [-0.05, 0) is 58.4 Å². The molecule has 0 aromatic rings. The Morgan fingerprint density at radius 3 is 2.79 bits per heavy atom. The summed E-state index contributed by atoms with van der Waals surface area (Å²) in [6.07, 6.45) is 13.5. The van der Waals surface area contributed by atoms with E-state index >= 15 is 0 Å². The summed E-state index contributed by atoms with van der Waals surface area (Å²) in [7, 11) is 0. The lowest BCUT2D eigenvalue weighted by atomic mass is 9.97. The Morgan fingerprint density at radius 2 is 2.11 bits per heavy atom. The summed E-state index contributed by atoms with van der Waals surface area (Å²) in [6, 6.07) is 0.364. The molecule has 0 saturated heterocycles. The first-order valence-corrected chi connectivity index (χ1v) is 7.97. The van der Waals surface area contributed by atoms with Crippen LogP contribution in [0.3, 0.4) is 0 Å². The fourth-order valence-corrected chi connectivity index (χ4v) is 3.07. The van der Waals surface area contributed by atoms with Gasteiger partial charge in [0.1, 0.15) is 0 Å². The molecular weight excluding hydrogens is 236 g/mol. The predicted octanol–water partition coefficient (Wildman–Crippen LogP) is 2.91. The summed E-state index contributed by atoms with van der Waals surface area (Å²) in [6.45, 7) is 2.89. The lowest BCUT2D eigenvalue weighted by Crippen LogP contribution is -2.45. The monoisotopic (exact) mass is 264 g/mol. The largest absolute Gasteiger partial charge is 0.352 e. The molecule has 1 amide bonds. The van der Waals surface area contributed by atoms with Gasteiger partial charge in [0.05, 0.1) is 6.04 Å². The van der Waals surface area contributed by atoms with Gasteiger partial charge >= 0.3 is 0 Å². The molecule has 19 heavy (non-hydrogen) atoms. The number of nitrogens with one attached hydrogen (secondary N) is 2.